The van der Waals surface area contributed by atoms with Crippen LogP contribution < -0.4 is 10.6 Å². The van der Waals surface area contributed by atoms with Crippen LogP contribution in [0.1, 0.15) is 24.2 Å². The highest BCUT2D eigenvalue weighted by atomic mass is 35.5. The van der Waals surface area contributed by atoms with Gasteiger partial charge in [0.2, 0.25) is 0 Å². The molecule has 0 aliphatic heterocycles. The molecule has 0 aliphatic rings. The number of hydrogen-bond acceptors (Lipinski definition) is 5. The van der Waals surface area contributed by atoms with E-state index in [0.717, 1.165) is 12.2 Å². The molecule has 0 saturated carbocycles. The second kappa shape index (κ2) is 8.33. The van der Waals surface area contributed by atoms with Gasteiger partial charge in [0, 0.05) is 18.2 Å². The Morgan fingerprint density at radius 3 is 2.62 bits per heavy atom. The Balaban J connectivity index is 0.00000220. The summed E-state index contributed by atoms with van der Waals surface area (Å²) in [5.74, 6) is -0.0852. The predicted molar refractivity (Wildman–Crippen MR) is 81.9 cm³/mol. The summed E-state index contributed by atoms with van der Waals surface area (Å²) < 4.78 is 1.54. The monoisotopic (exact) mass is 310 g/mol. The lowest BCUT2D eigenvalue weighted by molar-refractivity contribution is 0.0950. The van der Waals surface area contributed by atoms with Gasteiger partial charge in [-0.25, -0.2) is 4.68 Å². The fourth-order valence-corrected chi connectivity index (χ4v) is 1.81. The average Bonchev–Trinajstić information content (AvgIpc) is 2.99. The van der Waals surface area contributed by atoms with Crippen molar-refractivity contribution in [2.45, 2.75) is 19.9 Å². The largest absolute Gasteiger partial charge is 0.350 e. The van der Waals surface area contributed by atoms with E-state index in [4.69, 9.17) is 0 Å². The van der Waals surface area contributed by atoms with Crippen molar-refractivity contribution < 1.29 is 4.79 Å². The normalized spacial score (nSPS) is 11.5. The number of likely N-dealkylation sites (N-methyl/N-ethyl adjacent to an activating group) is 1. The molecule has 21 heavy (non-hydrogen) atoms. The van der Waals surface area contributed by atoms with Gasteiger partial charge in [0.25, 0.3) is 5.91 Å². The van der Waals surface area contributed by atoms with Crippen molar-refractivity contribution >= 4 is 18.3 Å². The van der Waals surface area contributed by atoms with Crippen molar-refractivity contribution in [3.8, 4) is 5.69 Å². The zero-order valence-corrected chi connectivity index (χ0v) is 12.8. The molecule has 114 valence electrons. The number of tetrazole rings is 1. The summed E-state index contributed by atoms with van der Waals surface area (Å²) in [6, 6.07) is 7.37. The number of aromatic nitrogens is 4. The summed E-state index contributed by atoms with van der Waals surface area (Å²) in [5, 5.41) is 17.1. The fraction of sp³-hybridized carbons (Fsp3) is 0.385. The van der Waals surface area contributed by atoms with E-state index in [2.05, 4.69) is 26.2 Å². The molecule has 2 rings (SSSR count). The third-order valence-corrected chi connectivity index (χ3v) is 2.86. The lowest BCUT2D eigenvalue weighted by Gasteiger charge is -2.13. The van der Waals surface area contributed by atoms with Gasteiger partial charge in [-0.2, -0.15) is 0 Å². The Labute approximate surface area is 129 Å². The molecule has 2 aromatic rings. The Morgan fingerprint density at radius 1 is 1.33 bits per heavy atom. The molecule has 2 N–H and O–H groups in total. The van der Waals surface area contributed by atoms with E-state index in [1.165, 1.54) is 11.0 Å². The van der Waals surface area contributed by atoms with Crippen molar-refractivity contribution in [3.05, 3.63) is 36.2 Å². The molecular weight excluding hydrogens is 292 g/mol. The molecular formula is C13H19ClN6O. The molecule has 0 spiro atoms. The quantitative estimate of drug-likeness (QED) is 0.825. The van der Waals surface area contributed by atoms with Gasteiger partial charge in [0.15, 0.2) is 0 Å². The van der Waals surface area contributed by atoms with Crippen molar-refractivity contribution in [3.63, 3.8) is 0 Å². The molecule has 0 saturated heterocycles. The van der Waals surface area contributed by atoms with E-state index in [1.807, 2.05) is 13.8 Å². The number of rotatable bonds is 6. The summed E-state index contributed by atoms with van der Waals surface area (Å²) in [6.07, 6.45) is 1.51. The number of benzene rings is 1. The summed E-state index contributed by atoms with van der Waals surface area (Å²) in [6.45, 7) is 5.56. The molecule has 1 amide bonds. The molecule has 1 aromatic carbocycles. The Morgan fingerprint density at radius 2 is 2.05 bits per heavy atom. The average molecular weight is 311 g/mol. The number of nitrogens with zero attached hydrogens (tertiary/aromatic N) is 4. The van der Waals surface area contributed by atoms with Crippen LogP contribution in [0.2, 0.25) is 0 Å². The number of carbonyl (C=O) groups excluding carboxylic acids is 1. The first kappa shape index (κ1) is 17.1. The fourth-order valence-electron chi connectivity index (χ4n) is 1.81. The van der Waals surface area contributed by atoms with E-state index >= 15 is 0 Å². The third-order valence-electron chi connectivity index (χ3n) is 2.86. The van der Waals surface area contributed by atoms with Gasteiger partial charge in [-0.1, -0.05) is 6.92 Å². The molecule has 0 aliphatic carbocycles. The number of amides is 1. The van der Waals surface area contributed by atoms with Crippen LogP contribution in [-0.4, -0.2) is 45.2 Å². The molecule has 1 atom stereocenters. The summed E-state index contributed by atoms with van der Waals surface area (Å²) >= 11 is 0. The number of nitrogens with one attached hydrogen (secondary N) is 2. The molecule has 0 fully saturated rings. The first-order valence-corrected chi connectivity index (χ1v) is 6.55. The minimum atomic E-state index is -0.0852. The molecule has 0 unspecified atom stereocenters. The van der Waals surface area contributed by atoms with Gasteiger partial charge in [-0.3, -0.25) is 4.79 Å². The lowest BCUT2D eigenvalue weighted by Crippen LogP contribution is -2.38. The highest BCUT2D eigenvalue weighted by molar-refractivity contribution is 5.94. The highest BCUT2D eigenvalue weighted by Crippen LogP contribution is 2.07. The van der Waals surface area contributed by atoms with Crippen LogP contribution in [0.25, 0.3) is 5.69 Å². The van der Waals surface area contributed by atoms with Crippen LogP contribution in [0.5, 0.6) is 0 Å². The first-order valence-electron chi connectivity index (χ1n) is 6.55. The van der Waals surface area contributed by atoms with Crippen LogP contribution in [0.4, 0.5) is 0 Å². The minimum Gasteiger partial charge on any atom is -0.350 e. The Bertz CT molecular complexity index is 542. The van der Waals surface area contributed by atoms with Crippen LogP contribution in [0, 0.1) is 0 Å². The summed E-state index contributed by atoms with van der Waals surface area (Å²) in [7, 11) is 0. The summed E-state index contributed by atoms with van der Waals surface area (Å²) in [5.41, 5.74) is 1.43. The first-order chi connectivity index (χ1) is 9.70. The summed E-state index contributed by atoms with van der Waals surface area (Å²) in [4.78, 5) is 12.0. The van der Waals surface area contributed by atoms with Crippen molar-refractivity contribution in [2.24, 2.45) is 0 Å². The maximum Gasteiger partial charge on any atom is 0.251 e. The van der Waals surface area contributed by atoms with Crippen molar-refractivity contribution in [2.75, 3.05) is 13.1 Å². The van der Waals surface area contributed by atoms with Gasteiger partial charge in [-0.05, 0) is 48.2 Å². The van der Waals surface area contributed by atoms with Crippen LogP contribution in [-0.2, 0) is 0 Å². The maximum absolute atomic E-state index is 12.0. The van der Waals surface area contributed by atoms with E-state index in [0.29, 0.717) is 12.1 Å². The molecule has 0 radical (unpaired) electrons. The second-order valence-corrected chi connectivity index (χ2v) is 4.47. The molecule has 1 aromatic heterocycles. The van der Waals surface area contributed by atoms with Gasteiger partial charge < -0.3 is 10.6 Å². The molecule has 1 heterocycles. The maximum atomic E-state index is 12.0. The zero-order chi connectivity index (χ0) is 14.4. The molecule has 8 heteroatoms. The number of carbonyl (C=O) groups is 1. The number of halogens is 1. The topological polar surface area (TPSA) is 84.7 Å². The zero-order valence-electron chi connectivity index (χ0n) is 12.0. The van der Waals surface area contributed by atoms with Crippen LogP contribution in [0.15, 0.2) is 30.6 Å². The smallest absolute Gasteiger partial charge is 0.251 e. The third kappa shape index (κ3) is 4.80. The van der Waals surface area contributed by atoms with E-state index in [1.54, 1.807) is 24.3 Å². The Hall–Kier alpha value is -1.99. The van der Waals surface area contributed by atoms with Gasteiger partial charge in [0.05, 0.1) is 5.69 Å². The van der Waals surface area contributed by atoms with Gasteiger partial charge >= 0.3 is 0 Å². The highest BCUT2D eigenvalue weighted by Gasteiger charge is 2.07. The van der Waals surface area contributed by atoms with Crippen LogP contribution in [0.3, 0.4) is 0 Å². The van der Waals surface area contributed by atoms with E-state index in [9.17, 15) is 4.79 Å². The predicted octanol–water partition coefficient (Wildman–Crippen LogP) is 0.812. The van der Waals surface area contributed by atoms with E-state index in [-0.39, 0.29) is 24.4 Å². The van der Waals surface area contributed by atoms with E-state index < -0.39 is 0 Å². The molecule has 0 bridgehead atoms. The standard InChI is InChI=1S/C13H18N6O.ClH/c1-3-14-10(2)8-15-13(20)11-4-6-12(7-5-11)19-9-16-17-18-19;/h4-7,9-10,14H,3,8H2,1-2H3,(H,15,20);1H/t10-;/m1./s1. The van der Waals surface area contributed by atoms with Gasteiger partial charge in [-0.15, -0.1) is 17.5 Å². The SMILES string of the molecule is CCN[C@H](C)CNC(=O)c1ccc(-n2cnnn2)cc1.Cl. The van der Waals surface area contributed by atoms with Crippen molar-refractivity contribution in [1.29, 1.82) is 0 Å². The van der Waals surface area contributed by atoms with Crippen molar-refractivity contribution in [1.82, 2.24) is 30.8 Å². The number of hydrogen-bond donors (Lipinski definition) is 2. The minimum absolute atomic E-state index is 0. The Kier molecular flexibility index (Phi) is 6.77. The van der Waals surface area contributed by atoms with Gasteiger partial charge in [0.1, 0.15) is 6.33 Å². The second-order valence-electron chi connectivity index (χ2n) is 4.47. The molecule has 7 nitrogen and oxygen atoms in total. The van der Waals surface area contributed by atoms with Crippen LogP contribution >= 0.6 is 12.4 Å². The lowest BCUT2D eigenvalue weighted by atomic mass is 10.2.